The van der Waals surface area contributed by atoms with Gasteiger partial charge in [0.05, 0.1) is 6.10 Å². The van der Waals surface area contributed by atoms with Gasteiger partial charge in [0.25, 0.3) is 0 Å². The van der Waals surface area contributed by atoms with Crippen LogP contribution in [0.4, 0.5) is 0 Å². The molecule has 1 aliphatic rings. The van der Waals surface area contributed by atoms with Crippen LogP contribution in [0.3, 0.4) is 0 Å². The number of aliphatic hydroxyl groups excluding tert-OH is 1. The molecule has 1 N–H and O–H groups in total. The van der Waals surface area contributed by atoms with Crippen molar-refractivity contribution in [2.75, 3.05) is 0 Å². The molecular formula is C18H12O. The fraction of sp³-hybridized carbons (Fsp3) is 0.111. The van der Waals surface area contributed by atoms with Gasteiger partial charge in [-0.15, -0.1) is 0 Å². The van der Waals surface area contributed by atoms with Crippen LogP contribution in [-0.4, -0.2) is 5.11 Å². The molecule has 5 rings (SSSR count). The number of benzene rings is 4. The van der Waals surface area contributed by atoms with Gasteiger partial charge in [-0.2, -0.15) is 0 Å². The van der Waals surface area contributed by atoms with Gasteiger partial charge in [0.2, 0.25) is 0 Å². The lowest BCUT2D eigenvalue weighted by Gasteiger charge is -2.13. The zero-order chi connectivity index (χ0) is 12.6. The first kappa shape index (κ1) is 9.76. The smallest absolute Gasteiger partial charge is 0.0836 e. The minimum absolute atomic E-state index is 0.343. The first-order valence-electron chi connectivity index (χ1n) is 6.70. The van der Waals surface area contributed by atoms with Gasteiger partial charge in [-0.1, -0.05) is 42.5 Å². The van der Waals surface area contributed by atoms with Gasteiger partial charge in [-0.3, -0.25) is 0 Å². The third-order valence-electron chi connectivity index (χ3n) is 4.52. The third kappa shape index (κ3) is 1.05. The Morgan fingerprint density at radius 1 is 0.789 bits per heavy atom. The van der Waals surface area contributed by atoms with Crippen LogP contribution < -0.4 is 0 Å². The summed E-state index contributed by atoms with van der Waals surface area (Å²) in [5, 5.41) is 18.1. The van der Waals surface area contributed by atoms with Crippen LogP contribution in [0.15, 0.2) is 48.5 Å². The number of hydrogen-bond acceptors (Lipinski definition) is 1. The summed E-state index contributed by atoms with van der Waals surface area (Å²) >= 11 is 0. The molecule has 90 valence electrons. The Bertz CT molecular complexity index is 952. The lowest BCUT2D eigenvalue weighted by molar-refractivity contribution is 0.185. The van der Waals surface area contributed by atoms with E-state index >= 15 is 0 Å². The fourth-order valence-corrected chi connectivity index (χ4v) is 3.71. The van der Waals surface area contributed by atoms with E-state index in [1.54, 1.807) is 0 Å². The second-order valence-electron chi connectivity index (χ2n) is 5.53. The van der Waals surface area contributed by atoms with E-state index in [-0.39, 0.29) is 6.10 Å². The molecule has 19 heavy (non-hydrogen) atoms. The zero-order valence-corrected chi connectivity index (χ0v) is 10.4. The Morgan fingerprint density at radius 2 is 1.53 bits per heavy atom. The van der Waals surface area contributed by atoms with Crippen LogP contribution in [0.25, 0.3) is 32.3 Å². The van der Waals surface area contributed by atoms with Crippen LogP contribution in [0, 0.1) is 0 Å². The molecule has 1 aliphatic carbocycles. The molecule has 0 aromatic heterocycles. The largest absolute Gasteiger partial charge is 0.388 e. The molecule has 0 spiro atoms. The average molecular weight is 244 g/mol. The molecule has 1 atom stereocenters. The van der Waals surface area contributed by atoms with E-state index in [1.807, 2.05) is 0 Å². The normalized spacial score (nSPS) is 18.1. The second kappa shape index (κ2) is 3.06. The highest BCUT2D eigenvalue weighted by Gasteiger charge is 2.25. The predicted octanol–water partition coefficient (Wildman–Crippen LogP) is 4.17. The molecule has 4 aromatic carbocycles. The van der Waals surface area contributed by atoms with Gasteiger partial charge in [0.1, 0.15) is 0 Å². The number of hydrogen-bond donors (Lipinski definition) is 1. The number of aliphatic hydroxyl groups is 1. The first-order valence-corrected chi connectivity index (χ1v) is 6.70. The Hall–Kier alpha value is -2.12. The molecule has 1 nitrogen and oxygen atoms in total. The fourth-order valence-electron chi connectivity index (χ4n) is 3.71. The van der Waals surface area contributed by atoms with Crippen LogP contribution in [-0.2, 0) is 6.42 Å². The summed E-state index contributed by atoms with van der Waals surface area (Å²) in [7, 11) is 0. The van der Waals surface area contributed by atoms with Crippen molar-refractivity contribution in [1.82, 2.24) is 0 Å². The summed E-state index contributed by atoms with van der Waals surface area (Å²) in [4.78, 5) is 0. The third-order valence-corrected chi connectivity index (χ3v) is 4.52. The quantitative estimate of drug-likeness (QED) is 0.460. The van der Waals surface area contributed by atoms with Gasteiger partial charge in [0, 0.05) is 6.42 Å². The topological polar surface area (TPSA) is 20.2 Å². The van der Waals surface area contributed by atoms with Crippen LogP contribution in [0.1, 0.15) is 17.2 Å². The maximum atomic E-state index is 10.3. The van der Waals surface area contributed by atoms with Crippen molar-refractivity contribution in [3.63, 3.8) is 0 Å². The SMILES string of the molecule is OC1Cc2ccc3ccc4cccc5cc1c2c3c45. The van der Waals surface area contributed by atoms with Crippen molar-refractivity contribution in [2.24, 2.45) is 0 Å². The van der Waals surface area contributed by atoms with Crippen LogP contribution in [0.2, 0.25) is 0 Å². The van der Waals surface area contributed by atoms with Crippen molar-refractivity contribution in [2.45, 2.75) is 12.5 Å². The van der Waals surface area contributed by atoms with Gasteiger partial charge >= 0.3 is 0 Å². The predicted molar refractivity (Wildman–Crippen MR) is 78.8 cm³/mol. The Morgan fingerprint density at radius 3 is 2.42 bits per heavy atom. The van der Waals surface area contributed by atoms with E-state index in [0.717, 1.165) is 12.0 Å². The van der Waals surface area contributed by atoms with E-state index in [9.17, 15) is 5.11 Å². The molecule has 0 saturated heterocycles. The maximum absolute atomic E-state index is 10.3. The van der Waals surface area contributed by atoms with Gasteiger partial charge in [-0.25, -0.2) is 0 Å². The van der Waals surface area contributed by atoms with Gasteiger partial charge in [-0.05, 0) is 49.5 Å². The van der Waals surface area contributed by atoms with Crippen LogP contribution >= 0.6 is 0 Å². The molecule has 0 fully saturated rings. The van der Waals surface area contributed by atoms with E-state index < -0.39 is 0 Å². The Balaban J connectivity index is 2.23. The lowest BCUT2D eigenvalue weighted by atomic mass is 9.91. The molecule has 0 aliphatic heterocycles. The summed E-state index contributed by atoms with van der Waals surface area (Å²) in [6, 6.07) is 17.3. The van der Waals surface area contributed by atoms with Crippen molar-refractivity contribution in [3.8, 4) is 0 Å². The molecule has 1 unspecified atom stereocenters. The summed E-state index contributed by atoms with van der Waals surface area (Å²) in [5.41, 5.74) is 2.39. The van der Waals surface area contributed by atoms with E-state index in [0.29, 0.717) is 0 Å². The highest BCUT2D eigenvalue weighted by molar-refractivity contribution is 6.24. The molecule has 0 amide bonds. The van der Waals surface area contributed by atoms with Gasteiger partial charge in [0.15, 0.2) is 0 Å². The monoisotopic (exact) mass is 244 g/mol. The molecule has 0 heterocycles. The van der Waals surface area contributed by atoms with Crippen LogP contribution in [0.5, 0.6) is 0 Å². The van der Waals surface area contributed by atoms with E-state index in [1.165, 1.54) is 37.9 Å². The Labute approximate surface area is 110 Å². The van der Waals surface area contributed by atoms with E-state index in [2.05, 4.69) is 48.5 Å². The molecule has 0 radical (unpaired) electrons. The zero-order valence-electron chi connectivity index (χ0n) is 10.4. The van der Waals surface area contributed by atoms with Crippen molar-refractivity contribution in [3.05, 3.63) is 59.7 Å². The van der Waals surface area contributed by atoms with Crippen molar-refractivity contribution >= 4 is 32.3 Å². The maximum Gasteiger partial charge on any atom is 0.0836 e. The minimum Gasteiger partial charge on any atom is -0.388 e. The summed E-state index contributed by atoms with van der Waals surface area (Å²) in [6.45, 7) is 0. The van der Waals surface area contributed by atoms with Crippen molar-refractivity contribution in [1.29, 1.82) is 0 Å². The summed E-state index contributed by atoms with van der Waals surface area (Å²) in [6.07, 6.45) is 0.408. The first-order chi connectivity index (χ1) is 9.33. The van der Waals surface area contributed by atoms with Crippen molar-refractivity contribution < 1.29 is 5.11 Å². The molecule has 0 bridgehead atoms. The highest BCUT2D eigenvalue weighted by Crippen LogP contribution is 2.44. The Kier molecular flexibility index (Phi) is 1.57. The molecule has 1 heteroatoms. The summed E-state index contributed by atoms with van der Waals surface area (Å²) < 4.78 is 0. The second-order valence-corrected chi connectivity index (χ2v) is 5.53. The highest BCUT2D eigenvalue weighted by atomic mass is 16.3. The van der Waals surface area contributed by atoms with Gasteiger partial charge < -0.3 is 5.11 Å². The average Bonchev–Trinajstić information content (AvgIpc) is 2.76. The molecular weight excluding hydrogens is 232 g/mol. The standard InChI is InChI=1S/C18H12O/c19-15-9-13-7-6-11-5-4-10-2-1-3-12-8-14(15)17(13)18(11)16(10)12/h1-8,15,19H,9H2. The van der Waals surface area contributed by atoms with E-state index in [4.69, 9.17) is 0 Å². The molecule has 4 aromatic rings. The number of rotatable bonds is 0. The molecule has 0 saturated carbocycles. The lowest BCUT2D eigenvalue weighted by Crippen LogP contribution is -1.92. The summed E-state index contributed by atoms with van der Waals surface area (Å²) in [5.74, 6) is 0. The minimum atomic E-state index is -0.343.